The number of Topliss-reactive ketones (excluding diaryl/α,β-unsaturated/α-hetero) is 1. The third kappa shape index (κ3) is 3.79. The molecule has 1 amide bonds. The second-order valence-corrected chi connectivity index (χ2v) is 9.60. The number of nitrogen functional groups attached to an aromatic ring is 1. The van der Waals surface area contributed by atoms with E-state index in [0.29, 0.717) is 48.9 Å². The average Bonchev–Trinajstić information content (AvgIpc) is 3.60. The summed E-state index contributed by atoms with van der Waals surface area (Å²) in [6.07, 6.45) is 6.77. The number of fused-ring (bicyclic) bond motifs is 2. The van der Waals surface area contributed by atoms with Crippen molar-refractivity contribution < 1.29 is 14.3 Å². The van der Waals surface area contributed by atoms with E-state index in [1.165, 1.54) is 6.08 Å². The molecule has 2 atom stereocenters. The molecule has 6 rings (SSSR count). The number of hydrogen-bond donors (Lipinski definition) is 1. The van der Waals surface area contributed by atoms with Crippen LogP contribution in [0.5, 0.6) is 0 Å². The number of nitrogens with zero attached hydrogens (tertiary/aromatic N) is 5. The second kappa shape index (κ2) is 8.94. The number of nitrogens with two attached hydrogens (primary N) is 1. The van der Waals surface area contributed by atoms with Crippen LogP contribution in [0.25, 0.3) is 16.8 Å². The summed E-state index contributed by atoms with van der Waals surface area (Å²) in [5.74, 6) is 1.15. The molecule has 5 heterocycles. The standard InChI is InChI=1S/C28H26N6O3/c1-2-23(36)33-14-20-15-37-17-28(20,16-33)27-32-24(25-26(29)31-11-12-34(25)27)19-8-6-18(7-9-19)22(35)13-21-5-3-4-10-30-21/h2-12,20H,1,13-17H2,(H2,29,31)/t20?,28-/m1/s1. The van der Waals surface area contributed by atoms with E-state index in [1.54, 1.807) is 24.5 Å². The van der Waals surface area contributed by atoms with Gasteiger partial charge in [-0.1, -0.05) is 36.9 Å². The number of likely N-dealkylation sites (tertiary alicyclic amines) is 1. The van der Waals surface area contributed by atoms with Gasteiger partial charge in [0.05, 0.1) is 25.0 Å². The molecule has 2 aliphatic rings. The van der Waals surface area contributed by atoms with E-state index in [9.17, 15) is 9.59 Å². The predicted molar refractivity (Wildman–Crippen MR) is 138 cm³/mol. The molecule has 1 aromatic carbocycles. The predicted octanol–water partition coefficient (Wildman–Crippen LogP) is 2.71. The fraction of sp³-hybridized carbons (Fsp3) is 0.250. The molecule has 9 nitrogen and oxygen atoms in total. The molecule has 4 aromatic rings. The lowest BCUT2D eigenvalue weighted by Gasteiger charge is -2.25. The summed E-state index contributed by atoms with van der Waals surface area (Å²) < 4.78 is 7.88. The molecular weight excluding hydrogens is 468 g/mol. The third-order valence-electron chi connectivity index (χ3n) is 7.44. The van der Waals surface area contributed by atoms with Crippen LogP contribution in [0, 0.1) is 5.92 Å². The first-order valence-corrected chi connectivity index (χ1v) is 12.2. The van der Waals surface area contributed by atoms with Crippen molar-refractivity contribution in [3.05, 3.63) is 90.8 Å². The number of imidazole rings is 1. The monoisotopic (exact) mass is 494 g/mol. The van der Waals surface area contributed by atoms with Gasteiger partial charge in [0.2, 0.25) is 5.91 Å². The van der Waals surface area contributed by atoms with Gasteiger partial charge >= 0.3 is 0 Å². The number of hydrogen-bond acceptors (Lipinski definition) is 7. The Morgan fingerprint density at radius 2 is 2.00 bits per heavy atom. The van der Waals surface area contributed by atoms with Gasteiger partial charge in [0.1, 0.15) is 22.9 Å². The molecular formula is C28H26N6O3. The van der Waals surface area contributed by atoms with Crippen LogP contribution in [0.1, 0.15) is 21.9 Å². The number of aromatic nitrogens is 4. The highest BCUT2D eigenvalue weighted by Gasteiger charge is 2.55. The number of pyridine rings is 1. The van der Waals surface area contributed by atoms with Gasteiger partial charge in [-0.3, -0.25) is 19.0 Å². The van der Waals surface area contributed by atoms with E-state index >= 15 is 0 Å². The molecule has 0 saturated carbocycles. The fourth-order valence-corrected chi connectivity index (χ4v) is 5.55. The van der Waals surface area contributed by atoms with E-state index in [-0.39, 0.29) is 24.0 Å². The lowest BCUT2D eigenvalue weighted by molar-refractivity contribution is -0.125. The van der Waals surface area contributed by atoms with Crippen molar-refractivity contribution in [2.75, 3.05) is 32.0 Å². The maximum atomic E-state index is 12.8. The van der Waals surface area contributed by atoms with Gasteiger partial charge < -0.3 is 15.4 Å². The molecule has 0 radical (unpaired) electrons. The Hall–Kier alpha value is -4.37. The molecule has 3 aromatic heterocycles. The molecule has 2 fully saturated rings. The fourth-order valence-electron chi connectivity index (χ4n) is 5.55. The van der Waals surface area contributed by atoms with Gasteiger partial charge in [-0.25, -0.2) is 9.97 Å². The summed E-state index contributed by atoms with van der Waals surface area (Å²) in [6, 6.07) is 12.9. The van der Waals surface area contributed by atoms with E-state index in [0.717, 1.165) is 17.1 Å². The molecule has 9 heteroatoms. The van der Waals surface area contributed by atoms with Crippen molar-refractivity contribution in [1.29, 1.82) is 0 Å². The first kappa shape index (κ1) is 23.1. The van der Waals surface area contributed by atoms with Gasteiger partial charge in [0, 0.05) is 54.4 Å². The minimum absolute atomic E-state index is 0.00964. The maximum Gasteiger partial charge on any atom is 0.245 e. The summed E-state index contributed by atoms with van der Waals surface area (Å²) >= 11 is 0. The van der Waals surface area contributed by atoms with Crippen molar-refractivity contribution in [1.82, 2.24) is 24.3 Å². The lowest BCUT2D eigenvalue weighted by atomic mass is 9.80. The van der Waals surface area contributed by atoms with Crippen LogP contribution in [0.4, 0.5) is 5.82 Å². The number of carbonyl (C=O) groups is 2. The molecule has 1 unspecified atom stereocenters. The number of ether oxygens (including phenoxy) is 1. The van der Waals surface area contributed by atoms with Crippen molar-refractivity contribution in [3.8, 4) is 11.3 Å². The Morgan fingerprint density at radius 3 is 2.76 bits per heavy atom. The SMILES string of the molecule is C=CC(=O)N1CC2COC[C@]2(c2nc(-c3ccc(C(=O)Cc4ccccn4)cc3)c3c(N)nccn23)C1. The number of ketones is 1. The zero-order valence-corrected chi connectivity index (χ0v) is 20.2. The number of benzene rings is 1. The first-order valence-electron chi connectivity index (χ1n) is 12.2. The Labute approximate surface area is 213 Å². The summed E-state index contributed by atoms with van der Waals surface area (Å²) in [5.41, 5.74) is 9.42. The van der Waals surface area contributed by atoms with Crippen LogP contribution in [-0.4, -0.2) is 62.2 Å². The van der Waals surface area contributed by atoms with Crippen LogP contribution >= 0.6 is 0 Å². The average molecular weight is 495 g/mol. The smallest absolute Gasteiger partial charge is 0.245 e. The van der Waals surface area contributed by atoms with Gasteiger partial charge in [0.15, 0.2) is 5.78 Å². The highest BCUT2D eigenvalue weighted by molar-refractivity contribution is 5.98. The van der Waals surface area contributed by atoms with E-state index in [4.69, 9.17) is 15.5 Å². The summed E-state index contributed by atoms with van der Waals surface area (Å²) in [4.78, 5) is 40.7. The normalized spacial score (nSPS) is 20.8. The van der Waals surface area contributed by atoms with Crippen molar-refractivity contribution in [2.45, 2.75) is 11.8 Å². The highest BCUT2D eigenvalue weighted by atomic mass is 16.5. The minimum atomic E-state index is -0.466. The number of amides is 1. The number of rotatable bonds is 6. The van der Waals surface area contributed by atoms with Crippen molar-refractivity contribution >= 4 is 23.0 Å². The highest BCUT2D eigenvalue weighted by Crippen LogP contribution is 2.45. The third-order valence-corrected chi connectivity index (χ3v) is 7.44. The molecule has 0 bridgehead atoms. The zero-order chi connectivity index (χ0) is 25.6. The van der Waals surface area contributed by atoms with Gasteiger partial charge in [0.25, 0.3) is 0 Å². The second-order valence-electron chi connectivity index (χ2n) is 9.60. The Kier molecular flexibility index (Phi) is 5.57. The van der Waals surface area contributed by atoms with Gasteiger partial charge in [-0.2, -0.15) is 0 Å². The molecule has 186 valence electrons. The molecule has 2 saturated heterocycles. The van der Waals surface area contributed by atoms with Gasteiger partial charge in [-0.05, 0) is 18.2 Å². The molecule has 37 heavy (non-hydrogen) atoms. The molecule has 2 aliphatic heterocycles. The van der Waals surface area contributed by atoms with E-state index in [2.05, 4.69) is 16.5 Å². The topological polar surface area (TPSA) is 116 Å². The van der Waals surface area contributed by atoms with Crippen LogP contribution in [0.3, 0.4) is 0 Å². The number of anilines is 1. The van der Waals surface area contributed by atoms with Crippen LogP contribution in [0.15, 0.2) is 73.7 Å². The summed E-state index contributed by atoms with van der Waals surface area (Å²) in [6.45, 7) is 5.74. The Morgan fingerprint density at radius 1 is 1.16 bits per heavy atom. The minimum Gasteiger partial charge on any atom is -0.382 e. The quantitative estimate of drug-likeness (QED) is 0.324. The number of carbonyl (C=O) groups excluding carboxylic acids is 2. The van der Waals surface area contributed by atoms with E-state index in [1.807, 2.05) is 45.8 Å². The Balaban J connectivity index is 1.39. The summed E-state index contributed by atoms with van der Waals surface area (Å²) in [5, 5.41) is 0. The van der Waals surface area contributed by atoms with Crippen LogP contribution in [0.2, 0.25) is 0 Å². The molecule has 2 N–H and O–H groups in total. The van der Waals surface area contributed by atoms with Crippen LogP contribution in [-0.2, 0) is 21.4 Å². The lowest BCUT2D eigenvalue weighted by Crippen LogP contribution is -2.38. The maximum absolute atomic E-state index is 12.8. The van der Waals surface area contributed by atoms with Gasteiger partial charge in [-0.15, -0.1) is 0 Å². The van der Waals surface area contributed by atoms with Crippen molar-refractivity contribution in [2.24, 2.45) is 5.92 Å². The zero-order valence-electron chi connectivity index (χ0n) is 20.2. The van der Waals surface area contributed by atoms with Crippen molar-refractivity contribution in [3.63, 3.8) is 0 Å². The van der Waals surface area contributed by atoms with Crippen LogP contribution < -0.4 is 5.73 Å². The molecule has 0 spiro atoms. The molecule has 0 aliphatic carbocycles. The Bertz CT molecular complexity index is 1510. The summed E-state index contributed by atoms with van der Waals surface area (Å²) in [7, 11) is 0. The first-order chi connectivity index (χ1) is 18.0. The largest absolute Gasteiger partial charge is 0.382 e. The van der Waals surface area contributed by atoms with E-state index < -0.39 is 5.41 Å².